The summed E-state index contributed by atoms with van der Waals surface area (Å²) in [4.78, 5) is 4.00. The lowest BCUT2D eigenvalue weighted by atomic mass is 10.4. The van der Waals surface area contributed by atoms with E-state index in [9.17, 15) is 0 Å². The lowest BCUT2D eigenvalue weighted by Crippen LogP contribution is -2.24. The van der Waals surface area contributed by atoms with Crippen LogP contribution in [0.25, 0.3) is 0 Å². The van der Waals surface area contributed by atoms with Gasteiger partial charge in [-0.2, -0.15) is 0 Å². The van der Waals surface area contributed by atoms with Gasteiger partial charge in [0.15, 0.2) is 0 Å². The van der Waals surface area contributed by atoms with Gasteiger partial charge in [0.2, 0.25) is 5.88 Å². The van der Waals surface area contributed by atoms with Crippen LogP contribution in [0.2, 0.25) is 0 Å². The molecule has 0 saturated carbocycles. The Kier molecular flexibility index (Phi) is 4.12. The Labute approximate surface area is 71.7 Å². The minimum absolute atomic E-state index is 0.640. The summed E-state index contributed by atoms with van der Waals surface area (Å²) in [5, 5.41) is 0. The number of nitrogens with two attached hydrogens (primary N) is 1. The maximum absolute atomic E-state index is 5.30. The van der Waals surface area contributed by atoms with E-state index in [0.717, 1.165) is 13.0 Å². The first-order valence-electron chi connectivity index (χ1n) is 3.91. The van der Waals surface area contributed by atoms with E-state index >= 15 is 0 Å². The van der Waals surface area contributed by atoms with Gasteiger partial charge in [-0.15, -0.1) is 0 Å². The summed E-state index contributed by atoms with van der Waals surface area (Å²) in [6, 6.07) is 5.58. The second kappa shape index (κ2) is 5.51. The summed E-state index contributed by atoms with van der Waals surface area (Å²) < 4.78 is 5.30. The van der Waals surface area contributed by atoms with Crippen molar-refractivity contribution in [2.45, 2.75) is 6.42 Å². The summed E-state index contributed by atoms with van der Waals surface area (Å²) in [5.74, 6) is 5.75. The number of rotatable bonds is 5. The molecule has 0 aliphatic carbocycles. The van der Waals surface area contributed by atoms with Gasteiger partial charge in [-0.1, -0.05) is 6.07 Å². The summed E-state index contributed by atoms with van der Waals surface area (Å²) >= 11 is 0. The molecule has 0 spiro atoms. The standard InChI is InChI=1S/C8H13N3O/c9-11-6-3-7-12-8-4-1-2-5-10-8/h1-2,4-5,11H,3,6-7,9H2. The summed E-state index contributed by atoms with van der Waals surface area (Å²) in [7, 11) is 0. The minimum Gasteiger partial charge on any atom is -0.478 e. The highest BCUT2D eigenvalue weighted by Crippen LogP contribution is 2.02. The molecule has 1 aromatic rings. The predicted molar refractivity (Wildman–Crippen MR) is 46.5 cm³/mol. The molecule has 4 heteroatoms. The quantitative estimate of drug-likeness (QED) is 0.376. The van der Waals surface area contributed by atoms with Gasteiger partial charge in [0, 0.05) is 18.8 Å². The maximum Gasteiger partial charge on any atom is 0.213 e. The van der Waals surface area contributed by atoms with Gasteiger partial charge in [-0.25, -0.2) is 4.98 Å². The molecular weight excluding hydrogens is 154 g/mol. The van der Waals surface area contributed by atoms with E-state index in [2.05, 4.69) is 10.4 Å². The van der Waals surface area contributed by atoms with Crippen molar-refractivity contribution in [2.75, 3.05) is 13.2 Å². The molecule has 0 aliphatic heterocycles. The average Bonchev–Trinajstić information content (AvgIpc) is 2.14. The first-order chi connectivity index (χ1) is 5.93. The van der Waals surface area contributed by atoms with Crippen LogP contribution in [0.4, 0.5) is 0 Å². The second-order valence-electron chi connectivity index (χ2n) is 2.32. The Hall–Kier alpha value is -1.13. The monoisotopic (exact) mass is 167 g/mol. The molecule has 0 fully saturated rings. The van der Waals surface area contributed by atoms with Gasteiger partial charge in [0.25, 0.3) is 0 Å². The fourth-order valence-corrected chi connectivity index (χ4v) is 0.783. The Morgan fingerprint density at radius 3 is 3.08 bits per heavy atom. The van der Waals surface area contributed by atoms with Crippen molar-refractivity contribution >= 4 is 0 Å². The van der Waals surface area contributed by atoms with Gasteiger partial charge in [-0.3, -0.25) is 11.3 Å². The van der Waals surface area contributed by atoms with Crippen LogP contribution in [-0.4, -0.2) is 18.1 Å². The highest BCUT2D eigenvalue weighted by Gasteiger charge is 1.91. The largest absolute Gasteiger partial charge is 0.478 e. The Balaban J connectivity index is 2.16. The van der Waals surface area contributed by atoms with Gasteiger partial charge in [0.05, 0.1) is 6.61 Å². The zero-order valence-corrected chi connectivity index (χ0v) is 6.86. The second-order valence-corrected chi connectivity index (χ2v) is 2.32. The topological polar surface area (TPSA) is 60.2 Å². The first kappa shape index (κ1) is 8.96. The Bertz CT molecular complexity index is 203. The molecule has 66 valence electrons. The predicted octanol–water partition coefficient (Wildman–Crippen LogP) is 0.314. The maximum atomic E-state index is 5.30. The molecule has 1 aromatic heterocycles. The van der Waals surface area contributed by atoms with Gasteiger partial charge in [0.1, 0.15) is 0 Å². The number of pyridine rings is 1. The lowest BCUT2D eigenvalue weighted by Gasteiger charge is -2.03. The number of aromatic nitrogens is 1. The van der Waals surface area contributed by atoms with Crippen molar-refractivity contribution in [3.63, 3.8) is 0 Å². The van der Waals surface area contributed by atoms with E-state index < -0.39 is 0 Å². The average molecular weight is 167 g/mol. The molecule has 3 N–H and O–H groups in total. The van der Waals surface area contributed by atoms with Crippen molar-refractivity contribution in [3.05, 3.63) is 24.4 Å². The third kappa shape index (κ3) is 3.32. The van der Waals surface area contributed by atoms with Gasteiger partial charge < -0.3 is 4.74 Å². The molecule has 0 saturated heterocycles. The highest BCUT2D eigenvalue weighted by atomic mass is 16.5. The van der Waals surface area contributed by atoms with E-state index in [-0.39, 0.29) is 0 Å². The Morgan fingerprint density at radius 2 is 2.42 bits per heavy atom. The van der Waals surface area contributed by atoms with Crippen LogP contribution in [0.1, 0.15) is 6.42 Å². The van der Waals surface area contributed by atoms with Crippen molar-refractivity contribution in [1.29, 1.82) is 0 Å². The van der Waals surface area contributed by atoms with Crippen molar-refractivity contribution in [1.82, 2.24) is 10.4 Å². The van der Waals surface area contributed by atoms with Crippen LogP contribution >= 0.6 is 0 Å². The van der Waals surface area contributed by atoms with Crippen molar-refractivity contribution in [2.24, 2.45) is 5.84 Å². The fourth-order valence-electron chi connectivity index (χ4n) is 0.783. The van der Waals surface area contributed by atoms with Crippen LogP contribution in [-0.2, 0) is 0 Å². The molecule has 0 aromatic carbocycles. The van der Waals surface area contributed by atoms with E-state index in [0.29, 0.717) is 12.5 Å². The van der Waals surface area contributed by atoms with E-state index in [1.54, 1.807) is 6.20 Å². The Morgan fingerprint density at radius 1 is 1.50 bits per heavy atom. The lowest BCUT2D eigenvalue weighted by molar-refractivity contribution is 0.297. The zero-order chi connectivity index (χ0) is 8.65. The highest BCUT2D eigenvalue weighted by molar-refractivity contribution is 5.08. The zero-order valence-electron chi connectivity index (χ0n) is 6.86. The summed E-state index contributed by atoms with van der Waals surface area (Å²) in [5.41, 5.74) is 2.55. The number of ether oxygens (including phenoxy) is 1. The summed E-state index contributed by atoms with van der Waals surface area (Å²) in [6.45, 7) is 1.40. The first-order valence-corrected chi connectivity index (χ1v) is 3.91. The number of hydrogen-bond donors (Lipinski definition) is 2. The molecule has 0 amide bonds. The molecule has 0 atom stereocenters. The van der Waals surface area contributed by atoms with Crippen LogP contribution < -0.4 is 16.0 Å². The van der Waals surface area contributed by atoms with E-state index in [1.165, 1.54) is 0 Å². The molecule has 1 heterocycles. The molecule has 12 heavy (non-hydrogen) atoms. The molecule has 4 nitrogen and oxygen atoms in total. The molecule has 1 rings (SSSR count). The fraction of sp³-hybridized carbons (Fsp3) is 0.375. The third-order valence-electron chi connectivity index (χ3n) is 1.35. The number of nitrogens with zero attached hydrogens (tertiary/aromatic N) is 1. The normalized spacial score (nSPS) is 9.75. The van der Waals surface area contributed by atoms with E-state index in [4.69, 9.17) is 10.6 Å². The molecule has 0 bridgehead atoms. The van der Waals surface area contributed by atoms with E-state index in [1.807, 2.05) is 18.2 Å². The third-order valence-corrected chi connectivity index (χ3v) is 1.35. The number of hydrazine groups is 1. The van der Waals surface area contributed by atoms with Gasteiger partial charge >= 0.3 is 0 Å². The van der Waals surface area contributed by atoms with Crippen molar-refractivity contribution in [3.8, 4) is 5.88 Å². The molecule has 0 unspecified atom stereocenters. The SMILES string of the molecule is NNCCCOc1ccccn1. The number of nitrogens with one attached hydrogen (secondary N) is 1. The van der Waals surface area contributed by atoms with Gasteiger partial charge in [-0.05, 0) is 12.5 Å². The smallest absolute Gasteiger partial charge is 0.213 e. The van der Waals surface area contributed by atoms with Crippen LogP contribution in [0.5, 0.6) is 5.88 Å². The minimum atomic E-state index is 0.640. The molecular formula is C8H13N3O. The van der Waals surface area contributed by atoms with Crippen molar-refractivity contribution < 1.29 is 4.74 Å². The molecule has 0 radical (unpaired) electrons. The summed E-state index contributed by atoms with van der Waals surface area (Å²) in [6.07, 6.45) is 2.59. The van der Waals surface area contributed by atoms with Crippen LogP contribution in [0.3, 0.4) is 0 Å². The number of hydrogen-bond acceptors (Lipinski definition) is 4. The van der Waals surface area contributed by atoms with Crippen LogP contribution in [0.15, 0.2) is 24.4 Å². The van der Waals surface area contributed by atoms with Crippen LogP contribution in [0, 0.1) is 0 Å². The molecule has 0 aliphatic rings.